The summed E-state index contributed by atoms with van der Waals surface area (Å²) in [6, 6.07) is 9.70. The molecule has 1 atom stereocenters. The lowest BCUT2D eigenvalue weighted by Crippen LogP contribution is -2.15. The molecule has 78 valence electrons. The standard InChI is InChI=1S/C10H10N2O2S/c13-15(14)12-7-8-5-9-3-1-2-4-10(9)11-6-8/h1-6,12H,7H2,(H,13,14). The van der Waals surface area contributed by atoms with Crippen LogP contribution < -0.4 is 4.72 Å². The Hall–Kier alpha value is -1.30. The van der Waals surface area contributed by atoms with Crippen molar-refractivity contribution < 1.29 is 8.76 Å². The van der Waals surface area contributed by atoms with Crippen LogP contribution >= 0.6 is 0 Å². The van der Waals surface area contributed by atoms with Crippen molar-refractivity contribution in [1.82, 2.24) is 9.71 Å². The lowest BCUT2D eigenvalue weighted by molar-refractivity contribution is 0.548. The van der Waals surface area contributed by atoms with Gasteiger partial charge >= 0.3 is 0 Å². The van der Waals surface area contributed by atoms with Gasteiger partial charge in [-0.2, -0.15) is 0 Å². The molecule has 2 rings (SSSR count). The van der Waals surface area contributed by atoms with Crippen molar-refractivity contribution >= 4 is 22.2 Å². The van der Waals surface area contributed by atoms with Crippen LogP contribution in [0.25, 0.3) is 10.9 Å². The van der Waals surface area contributed by atoms with Gasteiger partial charge in [-0.1, -0.05) is 18.2 Å². The van der Waals surface area contributed by atoms with E-state index in [9.17, 15) is 4.21 Å². The summed E-state index contributed by atoms with van der Waals surface area (Å²) in [5.74, 6) is 0. The summed E-state index contributed by atoms with van der Waals surface area (Å²) < 4.78 is 21.4. The number of fused-ring (bicyclic) bond motifs is 1. The number of pyridine rings is 1. The van der Waals surface area contributed by atoms with Gasteiger partial charge in [-0.25, -0.2) is 8.93 Å². The molecule has 1 aromatic heterocycles. The molecule has 1 unspecified atom stereocenters. The molecule has 2 aromatic rings. The van der Waals surface area contributed by atoms with Crippen LogP contribution in [0.5, 0.6) is 0 Å². The highest BCUT2D eigenvalue weighted by molar-refractivity contribution is 7.77. The third-order valence-corrected chi connectivity index (χ3v) is 2.44. The summed E-state index contributed by atoms with van der Waals surface area (Å²) in [6.45, 7) is 0.334. The van der Waals surface area contributed by atoms with Gasteiger partial charge in [0, 0.05) is 18.1 Å². The maximum absolute atomic E-state index is 10.4. The summed E-state index contributed by atoms with van der Waals surface area (Å²) in [7, 11) is 0. The number of aromatic nitrogens is 1. The fourth-order valence-corrected chi connectivity index (χ4v) is 1.65. The normalized spacial score (nSPS) is 12.9. The SMILES string of the molecule is O=S(O)NCc1cnc2ccccc2c1. The van der Waals surface area contributed by atoms with Gasteiger partial charge in [0.15, 0.2) is 0 Å². The van der Waals surface area contributed by atoms with Gasteiger partial charge in [0.2, 0.25) is 11.3 Å². The fraction of sp³-hybridized carbons (Fsp3) is 0.100. The zero-order chi connectivity index (χ0) is 10.7. The Morgan fingerprint density at radius 2 is 2.20 bits per heavy atom. The van der Waals surface area contributed by atoms with Crippen LogP contribution in [0, 0.1) is 0 Å². The van der Waals surface area contributed by atoms with Gasteiger partial charge in [0.25, 0.3) is 0 Å². The lowest BCUT2D eigenvalue weighted by Gasteiger charge is -2.02. The molecule has 0 saturated carbocycles. The molecular formula is C10H10N2O2S. The van der Waals surface area contributed by atoms with E-state index in [1.54, 1.807) is 6.20 Å². The quantitative estimate of drug-likeness (QED) is 0.773. The van der Waals surface area contributed by atoms with Crippen LogP contribution in [0.1, 0.15) is 5.56 Å². The molecule has 2 N–H and O–H groups in total. The lowest BCUT2D eigenvalue weighted by atomic mass is 10.2. The third kappa shape index (κ3) is 2.59. The number of hydrogen-bond acceptors (Lipinski definition) is 2. The second-order valence-electron chi connectivity index (χ2n) is 3.11. The number of rotatable bonds is 3. The van der Waals surface area contributed by atoms with E-state index >= 15 is 0 Å². The van der Waals surface area contributed by atoms with E-state index in [1.807, 2.05) is 30.3 Å². The van der Waals surface area contributed by atoms with Crippen molar-refractivity contribution in [3.05, 3.63) is 42.1 Å². The Kier molecular flexibility index (Phi) is 3.05. The maximum Gasteiger partial charge on any atom is 0.232 e. The third-order valence-electron chi connectivity index (χ3n) is 2.05. The smallest absolute Gasteiger partial charge is 0.232 e. The van der Waals surface area contributed by atoms with Gasteiger partial charge < -0.3 is 0 Å². The van der Waals surface area contributed by atoms with Crippen molar-refractivity contribution in [2.24, 2.45) is 0 Å². The Morgan fingerprint density at radius 1 is 1.40 bits per heavy atom. The molecule has 4 nitrogen and oxygen atoms in total. The maximum atomic E-state index is 10.4. The molecule has 0 radical (unpaired) electrons. The summed E-state index contributed by atoms with van der Waals surface area (Å²) in [5.41, 5.74) is 1.81. The molecule has 0 aliphatic heterocycles. The van der Waals surface area contributed by atoms with Gasteiger partial charge in [0.1, 0.15) is 0 Å². The van der Waals surface area contributed by atoms with Crippen molar-refractivity contribution in [3.63, 3.8) is 0 Å². The fourth-order valence-electron chi connectivity index (χ4n) is 1.36. The molecule has 0 amide bonds. The zero-order valence-corrected chi connectivity index (χ0v) is 8.70. The summed E-state index contributed by atoms with van der Waals surface area (Å²) >= 11 is -1.98. The van der Waals surface area contributed by atoms with E-state index in [2.05, 4.69) is 9.71 Å². The average Bonchev–Trinajstić information content (AvgIpc) is 2.26. The van der Waals surface area contributed by atoms with Crippen LogP contribution in [0.4, 0.5) is 0 Å². The van der Waals surface area contributed by atoms with E-state index < -0.39 is 11.3 Å². The molecule has 0 spiro atoms. The zero-order valence-electron chi connectivity index (χ0n) is 7.88. The minimum atomic E-state index is -1.98. The highest BCUT2D eigenvalue weighted by Gasteiger charge is 1.98. The summed E-state index contributed by atoms with van der Waals surface area (Å²) in [6.07, 6.45) is 1.70. The van der Waals surface area contributed by atoms with Crippen molar-refractivity contribution in [3.8, 4) is 0 Å². The Morgan fingerprint density at radius 3 is 3.00 bits per heavy atom. The van der Waals surface area contributed by atoms with Crippen LogP contribution in [0.3, 0.4) is 0 Å². The monoisotopic (exact) mass is 222 g/mol. The summed E-state index contributed by atoms with van der Waals surface area (Å²) in [5, 5.41) is 1.03. The molecule has 15 heavy (non-hydrogen) atoms. The van der Waals surface area contributed by atoms with E-state index in [0.29, 0.717) is 6.54 Å². The van der Waals surface area contributed by atoms with E-state index in [0.717, 1.165) is 16.5 Å². The molecule has 0 aliphatic rings. The molecule has 0 aliphatic carbocycles. The average molecular weight is 222 g/mol. The highest BCUT2D eigenvalue weighted by Crippen LogP contribution is 2.12. The first-order chi connectivity index (χ1) is 7.25. The second kappa shape index (κ2) is 4.48. The van der Waals surface area contributed by atoms with E-state index in [4.69, 9.17) is 4.55 Å². The van der Waals surface area contributed by atoms with Gasteiger partial charge in [-0.3, -0.25) is 9.54 Å². The molecule has 0 fully saturated rings. The number of hydrogen-bond donors (Lipinski definition) is 2. The second-order valence-corrected chi connectivity index (χ2v) is 3.89. The first-order valence-electron chi connectivity index (χ1n) is 4.44. The van der Waals surface area contributed by atoms with E-state index in [1.165, 1.54) is 0 Å². The molecule has 0 saturated heterocycles. The van der Waals surface area contributed by atoms with Crippen molar-refractivity contribution in [2.75, 3.05) is 0 Å². The van der Waals surface area contributed by atoms with Gasteiger partial charge in [0.05, 0.1) is 5.52 Å². The minimum Gasteiger partial charge on any atom is -0.294 e. The molecule has 1 aromatic carbocycles. The Bertz CT molecular complexity index is 502. The number of nitrogens with one attached hydrogen (secondary N) is 1. The topological polar surface area (TPSA) is 62.2 Å². The van der Waals surface area contributed by atoms with Crippen molar-refractivity contribution in [1.29, 1.82) is 0 Å². The Balaban J connectivity index is 2.26. The van der Waals surface area contributed by atoms with Crippen LogP contribution in [0.15, 0.2) is 36.5 Å². The van der Waals surface area contributed by atoms with Crippen molar-refractivity contribution in [2.45, 2.75) is 6.54 Å². The number of benzene rings is 1. The highest BCUT2D eigenvalue weighted by atomic mass is 32.2. The van der Waals surface area contributed by atoms with Gasteiger partial charge in [-0.15, -0.1) is 0 Å². The number of para-hydroxylation sites is 1. The predicted molar refractivity (Wildman–Crippen MR) is 59.4 cm³/mol. The minimum absolute atomic E-state index is 0.334. The van der Waals surface area contributed by atoms with Crippen LogP contribution in [0.2, 0.25) is 0 Å². The van der Waals surface area contributed by atoms with E-state index in [-0.39, 0.29) is 0 Å². The summed E-state index contributed by atoms with van der Waals surface area (Å²) in [4.78, 5) is 4.24. The molecule has 0 bridgehead atoms. The molecule has 5 heteroatoms. The largest absolute Gasteiger partial charge is 0.294 e. The Labute approximate surface area is 89.8 Å². The predicted octanol–water partition coefficient (Wildman–Crippen LogP) is 1.46. The molecule has 1 heterocycles. The molecular weight excluding hydrogens is 212 g/mol. The first-order valence-corrected chi connectivity index (χ1v) is 5.54. The van der Waals surface area contributed by atoms with Crippen LogP contribution in [-0.2, 0) is 17.8 Å². The number of nitrogens with zero attached hydrogens (tertiary/aromatic N) is 1. The van der Waals surface area contributed by atoms with Crippen LogP contribution in [-0.4, -0.2) is 13.7 Å². The first kappa shape index (κ1) is 10.2. The van der Waals surface area contributed by atoms with Gasteiger partial charge in [-0.05, 0) is 17.7 Å².